The van der Waals surface area contributed by atoms with Crippen molar-refractivity contribution in [3.8, 4) is 0 Å². The highest BCUT2D eigenvalue weighted by Gasteiger charge is 2.21. The van der Waals surface area contributed by atoms with Gasteiger partial charge in [0.05, 0.1) is 4.90 Å². The fourth-order valence-corrected chi connectivity index (χ4v) is 3.75. The maximum absolute atomic E-state index is 12.2. The third-order valence-corrected chi connectivity index (χ3v) is 5.08. The summed E-state index contributed by atoms with van der Waals surface area (Å²) in [6.45, 7) is 3.21. The summed E-state index contributed by atoms with van der Waals surface area (Å²) in [4.78, 5) is 5.53. The Kier molecular flexibility index (Phi) is 5.20. The predicted octanol–water partition coefficient (Wildman–Crippen LogP) is 0.354. The van der Waals surface area contributed by atoms with Gasteiger partial charge in [-0.05, 0) is 45.5 Å². The van der Waals surface area contributed by atoms with Crippen LogP contribution in [0.25, 0.3) is 0 Å². The van der Waals surface area contributed by atoms with Gasteiger partial charge in [-0.3, -0.25) is 0 Å². The Balaban J connectivity index is 1.92. The van der Waals surface area contributed by atoms with Crippen molar-refractivity contribution in [2.75, 3.05) is 33.7 Å². The van der Waals surface area contributed by atoms with Gasteiger partial charge >= 0.3 is 0 Å². The van der Waals surface area contributed by atoms with Gasteiger partial charge in [0.15, 0.2) is 0 Å². The van der Waals surface area contributed by atoms with Crippen molar-refractivity contribution in [3.05, 3.63) is 18.0 Å². The van der Waals surface area contributed by atoms with Gasteiger partial charge in [0.1, 0.15) is 0 Å². The lowest BCUT2D eigenvalue weighted by Gasteiger charge is -2.29. The third kappa shape index (κ3) is 4.05. The van der Waals surface area contributed by atoms with Gasteiger partial charge in [-0.2, -0.15) is 0 Å². The van der Waals surface area contributed by atoms with E-state index in [-0.39, 0.29) is 0 Å². The summed E-state index contributed by atoms with van der Waals surface area (Å²) in [6.07, 6.45) is 3.77. The molecule has 2 heterocycles. The van der Waals surface area contributed by atoms with E-state index in [9.17, 15) is 8.42 Å². The van der Waals surface area contributed by atoms with Crippen molar-refractivity contribution < 1.29 is 8.42 Å². The van der Waals surface area contributed by atoms with E-state index in [0.717, 1.165) is 31.6 Å². The van der Waals surface area contributed by atoms with Crippen LogP contribution in [-0.4, -0.2) is 52.0 Å². The van der Waals surface area contributed by atoms with Crippen LogP contribution >= 0.6 is 0 Å². The number of hydrogen-bond donors (Lipinski definition) is 3. The van der Waals surface area contributed by atoms with E-state index in [0.29, 0.717) is 23.9 Å². The first kappa shape index (κ1) is 15.5. The fraction of sp³-hybridized carbons (Fsp3) is 0.692. The number of piperidine rings is 1. The Morgan fingerprint density at radius 2 is 2.30 bits per heavy atom. The number of H-pyrrole nitrogens is 1. The van der Waals surface area contributed by atoms with Crippen molar-refractivity contribution in [2.45, 2.75) is 24.3 Å². The maximum atomic E-state index is 12.2. The van der Waals surface area contributed by atoms with Crippen LogP contribution in [0.1, 0.15) is 18.5 Å². The molecule has 0 aliphatic carbocycles. The average molecular weight is 300 g/mol. The molecule has 6 nitrogen and oxygen atoms in total. The summed E-state index contributed by atoms with van der Waals surface area (Å²) in [5.41, 5.74) is 0.866. The molecule has 1 atom stereocenters. The SMILES string of the molecule is CNCc1cc(S(=O)(=O)NCC2CCCN(C)C2)c[nH]1. The molecule has 1 fully saturated rings. The molecule has 1 saturated heterocycles. The summed E-state index contributed by atoms with van der Waals surface area (Å²) in [6, 6.07) is 1.67. The zero-order valence-corrected chi connectivity index (χ0v) is 13.0. The molecule has 3 N–H and O–H groups in total. The second-order valence-corrected chi connectivity index (χ2v) is 7.28. The standard InChI is InChI=1S/C13H24N4O2S/c1-14-8-12-6-13(9-15-12)20(18,19)16-7-11-4-3-5-17(2)10-11/h6,9,11,14-16H,3-5,7-8,10H2,1-2H3. The Bertz CT molecular complexity index is 526. The van der Waals surface area contributed by atoms with Gasteiger partial charge < -0.3 is 15.2 Å². The van der Waals surface area contributed by atoms with Crippen LogP contribution in [0, 0.1) is 5.92 Å². The smallest absolute Gasteiger partial charge is 0.242 e. The number of sulfonamides is 1. The maximum Gasteiger partial charge on any atom is 0.242 e. The van der Waals surface area contributed by atoms with Crippen molar-refractivity contribution in [3.63, 3.8) is 0 Å². The number of aromatic amines is 1. The molecule has 1 aliphatic heterocycles. The predicted molar refractivity (Wildman–Crippen MR) is 79.0 cm³/mol. The van der Waals surface area contributed by atoms with Crippen LogP contribution in [0.2, 0.25) is 0 Å². The monoisotopic (exact) mass is 300 g/mol. The Hall–Kier alpha value is -0.890. The van der Waals surface area contributed by atoms with Gasteiger partial charge in [-0.1, -0.05) is 0 Å². The van der Waals surface area contributed by atoms with Crippen LogP contribution in [0.4, 0.5) is 0 Å². The van der Waals surface area contributed by atoms with Crippen LogP contribution < -0.4 is 10.0 Å². The summed E-state index contributed by atoms with van der Waals surface area (Å²) in [5, 5.41) is 2.99. The second kappa shape index (κ2) is 6.71. The first-order valence-electron chi connectivity index (χ1n) is 7.01. The van der Waals surface area contributed by atoms with Crippen molar-refractivity contribution in [2.24, 2.45) is 5.92 Å². The lowest BCUT2D eigenvalue weighted by molar-refractivity contribution is 0.211. The minimum Gasteiger partial charge on any atom is -0.363 e. The van der Waals surface area contributed by atoms with Gasteiger partial charge in [-0.25, -0.2) is 13.1 Å². The van der Waals surface area contributed by atoms with Gasteiger partial charge in [0.25, 0.3) is 0 Å². The average Bonchev–Trinajstić information content (AvgIpc) is 2.87. The van der Waals surface area contributed by atoms with E-state index in [1.807, 2.05) is 7.05 Å². The molecule has 0 spiro atoms. The molecule has 1 aliphatic rings. The molecule has 0 saturated carbocycles. The molecule has 7 heteroatoms. The number of rotatable bonds is 6. The van der Waals surface area contributed by atoms with Crippen molar-refractivity contribution in [1.29, 1.82) is 0 Å². The van der Waals surface area contributed by atoms with Crippen molar-refractivity contribution in [1.82, 2.24) is 19.9 Å². The van der Waals surface area contributed by atoms with Crippen molar-refractivity contribution >= 4 is 10.0 Å². The normalized spacial score (nSPS) is 21.2. The Labute approximate surface area is 121 Å². The van der Waals surface area contributed by atoms with E-state index in [1.54, 1.807) is 12.3 Å². The zero-order valence-electron chi connectivity index (χ0n) is 12.1. The number of nitrogens with zero attached hydrogens (tertiary/aromatic N) is 1. The molecule has 0 radical (unpaired) electrons. The molecular formula is C13H24N4O2S. The molecule has 2 rings (SSSR count). The minimum absolute atomic E-state index is 0.312. The number of nitrogens with one attached hydrogen (secondary N) is 3. The second-order valence-electron chi connectivity index (χ2n) is 5.51. The molecule has 0 bridgehead atoms. The number of aromatic nitrogens is 1. The molecule has 114 valence electrons. The lowest BCUT2D eigenvalue weighted by Crippen LogP contribution is -2.39. The molecular weight excluding hydrogens is 276 g/mol. The first-order valence-corrected chi connectivity index (χ1v) is 8.49. The molecule has 0 aromatic carbocycles. The van der Waals surface area contributed by atoms with Gasteiger partial charge in [0, 0.05) is 31.5 Å². The van der Waals surface area contributed by atoms with Crippen LogP contribution in [0.3, 0.4) is 0 Å². The van der Waals surface area contributed by atoms with Crippen LogP contribution in [0.15, 0.2) is 17.2 Å². The third-order valence-electron chi connectivity index (χ3n) is 3.68. The highest BCUT2D eigenvalue weighted by molar-refractivity contribution is 7.89. The zero-order chi connectivity index (χ0) is 14.6. The quantitative estimate of drug-likeness (QED) is 0.709. The summed E-state index contributed by atoms with van der Waals surface area (Å²) >= 11 is 0. The minimum atomic E-state index is -3.40. The van der Waals surface area contributed by atoms with E-state index < -0.39 is 10.0 Å². The summed E-state index contributed by atoms with van der Waals surface area (Å²) in [7, 11) is 0.504. The van der Waals surface area contributed by atoms with E-state index >= 15 is 0 Å². The highest BCUT2D eigenvalue weighted by atomic mass is 32.2. The Morgan fingerprint density at radius 1 is 1.50 bits per heavy atom. The molecule has 20 heavy (non-hydrogen) atoms. The number of likely N-dealkylation sites (tertiary alicyclic amines) is 1. The molecule has 1 unspecified atom stereocenters. The highest BCUT2D eigenvalue weighted by Crippen LogP contribution is 2.16. The molecule has 1 aromatic heterocycles. The van der Waals surface area contributed by atoms with Gasteiger partial charge in [0.2, 0.25) is 10.0 Å². The van der Waals surface area contributed by atoms with Crippen LogP contribution in [-0.2, 0) is 16.6 Å². The van der Waals surface area contributed by atoms with Crippen LogP contribution in [0.5, 0.6) is 0 Å². The van der Waals surface area contributed by atoms with Gasteiger partial charge in [-0.15, -0.1) is 0 Å². The fourth-order valence-electron chi connectivity index (χ4n) is 2.62. The largest absolute Gasteiger partial charge is 0.363 e. The molecule has 1 aromatic rings. The van der Waals surface area contributed by atoms with E-state index in [1.165, 1.54) is 0 Å². The van der Waals surface area contributed by atoms with E-state index in [4.69, 9.17) is 0 Å². The number of hydrogen-bond acceptors (Lipinski definition) is 4. The van der Waals surface area contributed by atoms with E-state index in [2.05, 4.69) is 27.0 Å². The summed E-state index contributed by atoms with van der Waals surface area (Å²) < 4.78 is 27.1. The molecule has 0 amide bonds. The topological polar surface area (TPSA) is 77.2 Å². The Morgan fingerprint density at radius 3 is 3.00 bits per heavy atom. The summed E-state index contributed by atoms with van der Waals surface area (Å²) in [5.74, 6) is 0.402. The first-order chi connectivity index (χ1) is 9.51. The lowest BCUT2D eigenvalue weighted by atomic mass is 9.99.